The molecule has 0 aromatic carbocycles. The Morgan fingerprint density at radius 1 is 1.36 bits per heavy atom. The molecule has 0 aliphatic rings. The number of pyridine rings is 1. The molecule has 1 unspecified atom stereocenters. The Morgan fingerprint density at radius 2 is 2.11 bits per heavy atom. The second-order valence-electron chi connectivity index (χ2n) is 6.94. The molecule has 0 aliphatic carbocycles. The minimum atomic E-state index is -0.309. The van der Waals surface area contributed by atoms with Gasteiger partial charge in [-0.3, -0.25) is 9.20 Å². The normalized spacial score (nSPS) is 13.6. The smallest absolute Gasteiger partial charge is 0.270 e. The number of aliphatic hydroxyl groups is 1. The first kappa shape index (κ1) is 22.0. The van der Waals surface area contributed by atoms with E-state index in [1.54, 1.807) is 29.7 Å². The molecular weight excluding hydrogens is 376 g/mol. The lowest BCUT2D eigenvalue weighted by molar-refractivity contribution is 0.0950. The van der Waals surface area contributed by atoms with E-state index in [1.807, 2.05) is 32.9 Å². The number of imidazole rings is 1. The Labute approximate surface area is 171 Å². The molecule has 7 heteroatoms. The number of allylic oxidation sites excluding steroid dienone is 3. The molecule has 2 heterocycles. The molecule has 3 N–H and O–H groups in total. The van der Waals surface area contributed by atoms with Gasteiger partial charge in [-0.25, -0.2) is 4.98 Å². The number of nitrogens with one attached hydrogen (secondary N) is 2. The van der Waals surface area contributed by atoms with Crippen LogP contribution in [-0.2, 0) is 6.42 Å². The number of aliphatic hydroxyl groups excluding tert-OH is 1. The standard InChI is InChI=1S/C21H29ClN4O2/c1-5-18-20(26-11-9-17(22)12-19(26)25-18)21(28)24-13-14(2)6-7-15(3)23-10-8-16(4)27/h6-7,9,11-12,16,23,27H,5,8,10,13H2,1-4H3,(H,24,28)/b14-6+,15-7+. The topological polar surface area (TPSA) is 78.7 Å². The third-order valence-electron chi connectivity index (χ3n) is 4.32. The van der Waals surface area contributed by atoms with Crippen LogP contribution < -0.4 is 10.6 Å². The van der Waals surface area contributed by atoms with Gasteiger partial charge < -0.3 is 15.7 Å². The van der Waals surface area contributed by atoms with Crippen LogP contribution in [0.25, 0.3) is 5.65 Å². The number of carbonyl (C=O) groups is 1. The van der Waals surface area contributed by atoms with Crippen LogP contribution in [0.4, 0.5) is 0 Å². The van der Waals surface area contributed by atoms with Crippen LogP contribution in [0, 0.1) is 0 Å². The minimum Gasteiger partial charge on any atom is -0.393 e. The van der Waals surface area contributed by atoms with Gasteiger partial charge in [0.25, 0.3) is 5.91 Å². The summed E-state index contributed by atoms with van der Waals surface area (Å²) < 4.78 is 1.77. The van der Waals surface area contributed by atoms with E-state index in [9.17, 15) is 9.90 Å². The van der Waals surface area contributed by atoms with Crippen molar-refractivity contribution in [2.24, 2.45) is 0 Å². The zero-order chi connectivity index (χ0) is 20.7. The van der Waals surface area contributed by atoms with Gasteiger partial charge in [0.2, 0.25) is 0 Å². The fourth-order valence-electron chi connectivity index (χ4n) is 2.72. The van der Waals surface area contributed by atoms with Crippen LogP contribution in [-0.4, -0.2) is 39.6 Å². The van der Waals surface area contributed by atoms with E-state index in [4.69, 9.17) is 11.6 Å². The number of rotatable bonds is 9. The van der Waals surface area contributed by atoms with Crippen molar-refractivity contribution in [2.75, 3.05) is 13.1 Å². The molecular formula is C21H29ClN4O2. The van der Waals surface area contributed by atoms with Crippen molar-refractivity contribution in [1.82, 2.24) is 20.0 Å². The monoisotopic (exact) mass is 404 g/mol. The van der Waals surface area contributed by atoms with Crippen molar-refractivity contribution < 1.29 is 9.90 Å². The summed E-state index contributed by atoms with van der Waals surface area (Å²) in [7, 11) is 0. The predicted octanol–water partition coefficient (Wildman–Crippen LogP) is 3.49. The average molecular weight is 405 g/mol. The summed E-state index contributed by atoms with van der Waals surface area (Å²) in [5.74, 6) is -0.157. The summed E-state index contributed by atoms with van der Waals surface area (Å²) in [6, 6.07) is 3.50. The lowest BCUT2D eigenvalue weighted by Gasteiger charge is -2.08. The van der Waals surface area contributed by atoms with Gasteiger partial charge in [-0.05, 0) is 45.8 Å². The van der Waals surface area contributed by atoms with Gasteiger partial charge >= 0.3 is 0 Å². The maximum absolute atomic E-state index is 12.7. The Hall–Kier alpha value is -2.31. The summed E-state index contributed by atoms with van der Waals surface area (Å²) in [5, 5.41) is 16.1. The van der Waals surface area contributed by atoms with Gasteiger partial charge in [0.15, 0.2) is 0 Å². The van der Waals surface area contributed by atoms with Crippen LogP contribution in [0.5, 0.6) is 0 Å². The molecule has 28 heavy (non-hydrogen) atoms. The van der Waals surface area contributed by atoms with E-state index >= 15 is 0 Å². The molecule has 0 aliphatic heterocycles. The van der Waals surface area contributed by atoms with Crippen LogP contribution in [0.1, 0.15) is 50.3 Å². The molecule has 1 atom stereocenters. The summed E-state index contributed by atoms with van der Waals surface area (Å²) in [4.78, 5) is 17.3. The molecule has 2 aromatic heterocycles. The summed E-state index contributed by atoms with van der Waals surface area (Å²) in [5.41, 5.74) is 4.01. The van der Waals surface area contributed by atoms with Gasteiger partial charge in [0.1, 0.15) is 11.3 Å². The van der Waals surface area contributed by atoms with E-state index in [0.29, 0.717) is 35.8 Å². The summed E-state index contributed by atoms with van der Waals surface area (Å²) >= 11 is 6.03. The van der Waals surface area contributed by atoms with E-state index in [0.717, 1.165) is 23.5 Å². The molecule has 0 fully saturated rings. The summed E-state index contributed by atoms with van der Waals surface area (Å²) in [6.45, 7) is 8.86. The molecule has 0 bridgehead atoms. The second kappa shape index (κ2) is 10.3. The van der Waals surface area contributed by atoms with Gasteiger partial charge in [-0.1, -0.05) is 30.2 Å². The highest BCUT2D eigenvalue weighted by atomic mass is 35.5. The number of nitrogens with zero attached hydrogens (tertiary/aromatic N) is 2. The third-order valence-corrected chi connectivity index (χ3v) is 4.56. The molecule has 0 radical (unpaired) electrons. The zero-order valence-electron chi connectivity index (χ0n) is 16.9. The van der Waals surface area contributed by atoms with Gasteiger partial charge in [-0.2, -0.15) is 0 Å². The van der Waals surface area contributed by atoms with Crippen LogP contribution in [0.2, 0.25) is 5.02 Å². The lowest BCUT2D eigenvalue weighted by Crippen LogP contribution is -2.27. The molecule has 1 amide bonds. The molecule has 0 saturated heterocycles. The number of aryl methyl sites for hydroxylation is 1. The van der Waals surface area contributed by atoms with Crippen LogP contribution in [0.3, 0.4) is 0 Å². The van der Waals surface area contributed by atoms with Crippen molar-refractivity contribution in [3.8, 4) is 0 Å². The summed E-state index contributed by atoms with van der Waals surface area (Å²) in [6.07, 6.45) is 6.77. The number of halogens is 1. The zero-order valence-corrected chi connectivity index (χ0v) is 17.7. The Kier molecular flexibility index (Phi) is 8.08. The van der Waals surface area contributed by atoms with Crippen molar-refractivity contribution in [3.05, 3.63) is 58.2 Å². The highest BCUT2D eigenvalue weighted by Crippen LogP contribution is 2.17. The van der Waals surface area contributed by atoms with Gasteiger partial charge in [0.05, 0.1) is 11.8 Å². The first-order chi connectivity index (χ1) is 13.3. The van der Waals surface area contributed by atoms with Crippen LogP contribution in [0.15, 0.2) is 41.8 Å². The maximum atomic E-state index is 12.7. The average Bonchev–Trinajstić information content (AvgIpc) is 3.01. The molecule has 6 nitrogen and oxygen atoms in total. The van der Waals surface area contributed by atoms with Crippen LogP contribution >= 0.6 is 11.6 Å². The molecule has 152 valence electrons. The van der Waals surface area contributed by atoms with E-state index in [1.165, 1.54) is 0 Å². The first-order valence-corrected chi connectivity index (χ1v) is 9.90. The predicted molar refractivity (Wildman–Crippen MR) is 114 cm³/mol. The van der Waals surface area contributed by atoms with Crippen molar-refractivity contribution in [1.29, 1.82) is 0 Å². The van der Waals surface area contributed by atoms with Gasteiger partial charge in [0, 0.05) is 36.1 Å². The number of amides is 1. The Bertz CT molecular complexity index is 884. The van der Waals surface area contributed by atoms with E-state index in [-0.39, 0.29) is 12.0 Å². The molecule has 2 aromatic rings. The van der Waals surface area contributed by atoms with Gasteiger partial charge in [-0.15, -0.1) is 0 Å². The first-order valence-electron chi connectivity index (χ1n) is 9.52. The maximum Gasteiger partial charge on any atom is 0.270 e. The highest BCUT2D eigenvalue weighted by Gasteiger charge is 2.18. The fourth-order valence-corrected chi connectivity index (χ4v) is 2.88. The highest BCUT2D eigenvalue weighted by molar-refractivity contribution is 6.30. The van der Waals surface area contributed by atoms with E-state index in [2.05, 4.69) is 15.6 Å². The molecule has 2 rings (SSSR count). The van der Waals surface area contributed by atoms with E-state index < -0.39 is 0 Å². The number of carbonyl (C=O) groups excluding carboxylic acids is 1. The molecule has 0 spiro atoms. The fraction of sp³-hybridized carbons (Fsp3) is 0.429. The number of hydrogen-bond acceptors (Lipinski definition) is 4. The third kappa shape index (κ3) is 6.11. The van der Waals surface area contributed by atoms with Crippen molar-refractivity contribution >= 4 is 23.2 Å². The van der Waals surface area contributed by atoms with Crippen molar-refractivity contribution in [2.45, 2.75) is 46.6 Å². The SMILES string of the molecule is CCc1nc2cc(Cl)ccn2c1C(=O)NC/C(C)=C/C=C(\C)NCCC(C)O. The Balaban J connectivity index is 2.01. The minimum absolute atomic E-state index is 0.157. The Morgan fingerprint density at radius 3 is 2.79 bits per heavy atom. The number of hydrogen-bond donors (Lipinski definition) is 3. The van der Waals surface area contributed by atoms with Crippen molar-refractivity contribution in [3.63, 3.8) is 0 Å². The molecule has 0 saturated carbocycles. The lowest BCUT2D eigenvalue weighted by atomic mass is 10.2. The number of aromatic nitrogens is 2. The largest absolute Gasteiger partial charge is 0.393 e. The quantitative estimate of drug-likeness (QED) is 0.559. The number of fused-ring (bicyclic) bond motifs is 1. The second-order valence-corrected chi connectivity index (χ2v) is 7.38.